The summed E-state index contributed by atoms with van der Waals surface area (Å²) in [5.74, 6) is -1.28. The maximum atomic E-state index is 14.1. The van der Waals surface area contributed by atoms with Crippen molar-refractivity contribution in [2.24, 2.45) is 10.2 Å². The van der Waals surface area contributed by atoms with E-state index in [1.165, 1.54) is 19.1 Å². The van der Waals surface area contributed by atoms with Gasteiger partial charge in [-0.25, -0.2) is 9.37 Å². The molecule has 0 aliphatic carbocycles. The molecule has 2 aromatic carbocycles. The number of nitro groups is 1. The minimum atomic E-state index is -4.59. The molecule has 168 valence electrons. The Morgan fingerprint density at radius 2 is 1.94 bits per heavy atom. The van der Waals surface area contributed by atoms with Crippen molar-refractivity contribution in [3.63, 3.8) is 0 Å². The smallest absolute Gasteiger partial charge is 0.383 e. The SMILES string of the molecule is Cc1c(C#N)c(N)nc(Nc2cccc(C(F)(F)F)c2)c1/N=N/c1cc([N+](=O)[O-])ccc1F. The first-order valence-electron chi connectivity index (χ1n) is 9.01. The highest BCUT2D eigenvalue weighted by Crippen LogP contribution is 2.37. The monoisotopic (exact) mass is 459 g/mol. The number of halogens is 4. The molecule has 9 nitrogen and oxygen atoms in total. The predicted molar refractivity (Wildman–Crippen MR) is 110 cm³/mol. The summed E-state index contributed by atoms with van der Waals surface area (Å²) in [6.07, 6.45) is -4.59. The second-order valence-electron chi connectivity index (χ2n) is 6.60. The number of hydrogen-bond acceptors (Lipinski definition) is 8. The topological polar surface area (TPSA) is 143 Å². The number of pyridine rings is 1. The van der Waals surface area contributed by atoms with Crippen LogP contribution in [0.3, 0.4) is 0 Å². The molecule has 0 aliphatic rings. The molecule has 3 N–H and O–H groups in total. The van der Waals surface area contributed by atoms with E-state index in [1.807, 2.05) is 6.07 Å². The number of nitrogen functional groups attached to an aromatic ring is 1. The molecule has 33 heavy (non-hydrogen) atoms. The van der Waals surface area contributed by atoms with Crippen LogP contribution in [0, 0.1) is 34.2 Å². The van der Waals surface area contributed by atoms with Crippen LogP contribution in [-0.4, -0.2) is 9.91 Å². The van der Waals surface area contributed by atoms with Gasteiger partial charge in [-0.2, -0.15) is 18.4 Å². The second-order valence-corrected chi connectivity index (χ2v) is 6.60. The molecule has 0 saturated carbocycles. The molecule has 3 rings (SSSR count). The average Bonchev–Trinajstić information content (AvgIpc) is 2.74. The van der Waals surface area contributed by atoms with Crippen LogP contribution in [0.5, 0.6) is 0 Å². The predicted octanol–water partition coefficient (Wildman–Crippen LogP) is 6.07. The Balaban J connectivity index is 2.10. The number of anilines is 3. The Morgan fingerprint density at radius 3 is 2.58 bits per heavy atom. The van der Waals surface area contributed by atoms with Gasteiger partial charge in [-0.05, 0) is 31.2 Å². The van der Waals surface area contributed by atoms with Gasteiger partial charge in [0, 0.05) is 23.4 Å². The Bertz CT molecular complexity index is 1320. The number of azo groups is 1. The molecule has 1 aromatic heterocycles. The molecular weight excluding hydrogens is 446 g/mol. The number of nitro benzene ring substituents is 1. The fraction of sp³-hybridized carbons (Fsp3) is 0.100. The highest BCUT2D eigenvalue weighted by Gasteiger charge is 2.30. The Labute approximate surface area is 183 Å². The van der Waals surface area contributed by atoms with Crippen LogP contribution in [0.1, 0.15) is 16.7 Å². The van der Waals surface area contributed by atoms with Crippen LogP contribution in [0.4, 0.5) is 51.9 Å². The lowest BCUT2D eigenvalue weighted by molar-refractivity contribution is -0.384. The van der Waals surface area contributed by atoms with Crippen molar-refractivity contribution in [1.82, 2.24) is 4.98 Å². The number of alkyl halides is 3. The first kappa shape index (κ1) is 23.1. The fourth-order valence-electron chi connectivity index (χ4n) is 2.77. The highest BCUT2D eigenvalue weighted by molar-refractivity contribution is 5.77. The van der Waals surface area contributed by atoms with Gasteiger partial charge in [0.2, 0.25) is 0 Å². The summed E-state index contributed by atoms with van der Waals surface area (Å²) in [5, 5.41) is 30.4. The Kier molecular flexibility index (Phi) is 6.20. The molecule has 13 heteroatoms. The zero-order valence-electron chi connectivity index (χ0n) is 16.7. The third-order valence-corrected chi connectivity index (χ3v) is 4.41. The molecule has 0 bridgehead atoms. The maximum Gasteiger partial charge on any atom is 0.416 e. The maximum absolute atomic E-state index is 14.1. The largest absolute Gasteiger partial charge is 0.416 e. The van der Waals surface area contributed by atoms with E-state index in [9.17, 15) is 32.9 Å². The molecule has 0 unspecified atom stereocenters. The lowest BCUT2D eigenvalue weighted by Gasteiger charge is -2.14. The van der Waals surface area contributed by atoms with E-state index in [0.29, 0.717) is 0 Å². The third-order valence-electron chi connectivity index (χ3n) is 4.41. The van der Waals surface area contributed by atoms with Gasteiger partial charge in [-0.1, -0.05) is 6.07 Å². The van der Waals surface area contributed by atoms with Crippen molar-refractivity contribution >= 4 is 34.4 Å². The summed E-state index contributed by atoms with van der Waals surface area (Å²) in [7, 11) is 0. The van der Waals surface area contributed by atoms with E-state index in [0.717, 1.165) is 30.3 Å². The van der Waals surface area contributed by atoms with Crippen LogP contribution in [0.25, 0.3) is 0 Å². The molecule has 1 heterocycles. The second kappa shape index (κ2) is 8.87. The summed E-state index contributed by atoms with van der Waals surface area (Å²) < 4.78 is 53.2. The van der Waals surface area contributed by atoms with E-state index in [1.54, 1.807) is 0 Å². The number of non-ortho nitro benzene ring substituents is 1. The van der Waals surface area contributed by atoms with Crippen molar-refractivity contribution < 1.29 is 22.5 Å². The number of nitriles is 1. The standard InChI is InChI=1S/C20H13F4N7O2/c1-10-14(9-25)18(26)28-19(27-12-4-2-3-11(7-12)20(22,23)24)17(10)30-29-16-8-13(31(32)33)5-6-15(16)21/h2-8H,1H3,(H3,26,27,28)/b30-29+. The lowest BCUT2D eigenvalue weighted by atomic mass is 10.1. The molecule has 0 radical (unpaired) electrons. The van der Waals surface area contributed by atoms with E-state index >= 15 is 0 Å². The first-order valence-corrected chi connectivity index (χ1v) is 9.01. The van der Waals surface area contributed by atoms with Crippen molar-refractivity contribution in [3.8, 4) is 6.07 Å². The van der Waals surface area contributed by atoms with Gasteiger partial charge in [-0.15, -0.1) is 10.2 Å². The normalized spacial score (nSPS) is 11.4. The molecule has 0 saturated heterocycles. The van der Waals surface area contributed by atoms with Crippen LogP contribution in [0.2, 0.25) is 0 Å². The Morgan fingerprint density at radius 1 is 1.21 bits per heavy atom. The Hall–Kier alpha value is -4.60. The molecule has 0 aliphatic heterocycles. The van der Waals surface area contributed by atoms with Crippen LogP contribution in [0.15, 0.2) is 52.7 Å². The minimum absolute atomic E-state index is 0.0150. The van der Waals surface area contributed by atoms with Crippen molar-refractivity contribution in [2.45, 2.75) is 13.1 Å². The quantitative estimate of drug-likeness (QED) is 0.205. The third kappa shape index (κ3) is 5.01. The number of rotatable bonds is 5. The van der Waals surface area contributed by atoms with Crippen molar-refractivity contribution in [3.05, 3.63) is 75.1 Å². The zero-order chi connectivity index (χ0) is 24.3. The van der Waals surface area contributed by atoms with Crippen LogP contribution < -0.4 is 11.1 Å². The lowest BCUT2D eigenvalue weighted by Crippen LogP contribution is -2.06. The number of nitrogens with zero attached hydrogens (tertiary/aromatic N) is 5. The summed E-state index contributed by atoms with van der Waals surface area (Å²) >= 11 is 0. The first-order chi connectivity index (χ1) is 15.5. The molecule has 0 atom stereocenters. The number of hydrogen-bond donors (Lipinski definition) is 2. The van der Waals surface area contributed by atoms with Crippen LogP contribution >= 0.6 is 0 Å². The highest BCUT2D eigenvalue weighted by atomic mass is 19.4. The van der Waals surface area contributed by atoms with Crippen molar-refractivity contribution in [2.75, 3.05) is 11.1 Å². The molecule has 3 aromatic rings. The van der Waals surface area contributed by atoms with Gasteiger partial charge in [0.05, 0.1) is 16.1 Å². The molecule has 0 spiro atoms. The van der Waals surface area contributed by atoms with Gasteiger partial charge in [-0.3, -0.25) is 10.1 Å². The zero-order valence-corrected chi connectivity index (χ0v) is 16.7. The van der Waals surface area contributed by atoms with Gasteiger partial charge in [0.25, 0.3) is 5.69 Å². The number of nitrogens with one attached hydrogen (secondary N) is 1. The average molecular weight is 459 g/mol. The van der Waals surface area contributed by atoms with E-state index in [2.05, 4.69) is 20.5 Å². The number of benzene rings is 2. The number of nitrogens with two attached hydrogens (primary N) is 1. The summed E-state index contributed by atoms with van der Waals surface area (Å²) in [6, 6.07) is 8.67. The van der Waals surface area contributed by atoms with E-state index < -0.39 is 33.9 Å². The van der Waals surface area contributed by atoms with Crippen molar-refractivity contribution in [1.29, 1.82) is 5.26 Å². The summed E-state index contributed by atoms with van der Waals surface area (Å²) in [5.41, 5.74) is 3.91. The van der Waals surface area contributed by atoms with Gasteiger partial charge in [0.1, 0.15) is 23.3 Å². The van der Waals surface area contributed by atoms with E-state index in [4.69, 9.17) is 5.73 Å². The van der Waals surface area contributed by atoms with Crippen LogP contribution in [-0.2, 0) is 6.18 Å². The molecule has 0 fully saturated rings. The summed E-state index contributed by atoms with van der Waals surface area (Å²) in [6.45, 7) is 1.44. The fourth-order valence-corrected chi connectivity index (χ4v) is 2.77. The van der Waals surface area contributed by atoms with Gasteiger partial charge < -0.3 is 11.1 Å². The molecular formula is C20H13F4N7O2. The minimum Gasteiger partial charge on any atom is -0.383 e. The van der Waals surface area contributed by atoms with E-state index in [-0.39, 0.29) is 34.1 Å². The van der Waals surface area contributed by atoms with Gasteiger partial charge in [0.15, 0.2) is 11.6 Å². The molecule has 0 amide bonds. The van der Waals surface area contributed by atoms with Gasteiger partial charge >= 0.3 is 6.18 Å². The number of aromatic nitrogens is 1. The summed E-state index contributed by atoms with van der Waals surface area (Å²) in [4.78, 5) is 14.2.